The number of fused-ring (bicyclic) bond motifs is 1. The fraction of sp³-hybridized carbons (Fsp3) is 0.500. The molecule has 9 heteroatoms. The van der Waals surface area contributed by atoms with Gasteiger partial charge in [0.25, 0.3) is 0 Å². The van der Waals surface area contributed by atoms with Crippen molar-refractivity contribution in [1.29, 1.82) is 0 Å². The van der Waals surface area contributed by atoms with E-state index in [4.69, 9.17) is 16.6 Å². The molecule has 1 saturated heterocycles. The van der Waals surface area contributed by atoms with Crippen LogP contribution in [0.15, 0.2) is 24.4 Å². The smallest absolute Gasteiger partial charge is 0.246 e. The number of halogens is 2. The molecule has 0 saturated carbocycles. The number of aromatic nitrogens is 2. The van der Waals surface area contributed by atoms with Gasteiger partial charge in [-0.25, -0.2) is 9.37 Å². The molecular weight excluding hydrogens is 419 g/mol. The summed E-state index contributed by atoms with van der Waals surface area (Å²) in [5.41, 5.74) is 1.10. The van der Waals surface area contributed by atoms with E-state index in [0.29, 0.717) is 28.0 Å². The maximum atomic E-state index is 14.4. The first-order valence-electron chi connectivity index (χ1n) is 10.8. The molecule has 1 amide bonds. The number of carbonyl (C=O) groups is 1. The number of likely N-dealkylation sites (N-methyl/N-ethyl adjacent to an activating group) is 1. The van der Waals surface area contributed by atoms with Gasteiger partial charge in [0.05, 0.1) is 12.7 Å². The van der Waals surface area contributed by atoms with Crippen LogP contribution in [0.5, 0.6) is 0 Å². The van der Waals surface area contributed by atoms with Gasteiger partial charge in [-0.3, -0.25) is 9.69 Å². The van der Waals surface area contributed by atoms with Crippen molar-refractivity contribution in [2.24, 2.45) is 0 Å². The minimum absolute atomic E-state index is 0.0808. The van der Waals surface area contributed by atoms with Crippen LogP contribution < -0.4 is 14.7 Å². The normalized spacial score (nSPS) is 17.3. The van der Waals surface area contributed by atoms with Gasteiger partial charge in [-0.2, -0.15) is 4.98 Å². The van der Waals surface area contributed by atoms with Crippen molar-refractivity contribution >= 4 is 35.0 Å². The van der Waals surface area contributed by atoms with E-state index < -0.39 is 5.82 Å². The third-order valence-electron chi connectivity index (χ3n) is 5.96. The molecule has 2 aromatic rings. The van der Waals surface area contributed by atoms with Gasteiger partial charge in [0.2, 0.25) is 11.9 Å². The molecule has 3 heterocycles. The third kappa shape index (κ3) is 4.75. The molecule has 4 rings (SSSR count). The molecule has 0 N–H and O–H groups in total. The summed E-state index contributed by atoms with van der Waals surface area (Å²) in [6, 6.07) is 4.60. The Morgan fingerprint density at radius 2 is 1.97 bits per heavy atom. The zero-order valence-corrected chi connectivity index (χ0v) is 18.8. The lowest BCUT2D eigenvalue weighted by molar-refractivity contribution is -0.117. The Morgan fingerprint density at radius 1 is 1.19 bits per heavy atom. The lowest BCUT2D eigenvalue weighted by Gasteiger charge is -2.37. The molecule has 1 fully saturated rings. The highest BCUT2D eigenvalue weighted by Gasteiger charge is 2.30. The van der Waals surface area contributed by atoms with E-state index in [1.807, 2.05) is 4.90 Å². The minimum atomic E-state index is -0.391. The molecule has 7 nitrogen and oxygen atoms in total. The lowest BCUT2D eigenvalue weighted by Crippen LogP contribution is -2.48. The summed E-state index contributed by atoms with van der Waals surface area (Å²) in [5, 5.41) is 0.346. The second kappa shape index (κ2) is 9.36. The molecule has 0 spiro atoms. The molecule has 1 aromatic heterocycles. The number of anilines is 3. The van der Waals surface area contributed by atoms with E-state index in [2.05, 4.69) is 21.7 Å². The maximum Gasteiger partial charge on any atom is 0.246 e. The van der Waals surface area contributed by atoms with Gasteiger partial charge in [0.15, 0.2) is 5.82 Å². The zero-order valence-electron chi connectivity index (χ0n) is 18.0. The predicted octanol–water partition coefficient (Wildman–Crippen LogP) is 3.17. The Balaban J connectivity index is 1.56. The van der Waals surface area contributed by atoms with Gasteiger partial charge in [-0.15, -0.1) is 0 Å². The van der Waals surface area contributed by atoms with Crippen molar-refractivity contribution in [2.75, 3.05) is 61.0 Å². The van der Waals surface area contributed by atoms with Crippen molar-refractivity contribution in [1.82, 2.24) is 14.9 Å². The molecule has 0 bridgehead atoms. The van der Waals surface area contributed by atoms with E-state index >= 15 is 0 Å². The van der Waals surface area contributed by atoms with Crippen molar-refractivity contribution in [3.8, 4) is 0 Å². The summed E-state index contributed by atoms with van der Waals surface area (Å²) in [6.07, 6.45) is 4.11. The van der Waals surface area contributed by atoms with Crippen LogP contribution in [0.1, 0.15) is 25.3 Å². The van der Waals surface area contributed by atoms with E-state index in [1.165, 1.54) is 18.9 Å². The maximum absolute atomic E-state index is 14.4. The van der Waals surface area contributed by atoms with Crippen LogP contribution in [0, 0.1) is 5.82 Å². The molecular formula is C22H28ClFN6O. The highest BCUT2D eigenvalue weighted by molar-refractivity contribution is 6.30. The van der Waals surface area contributed by atoms with Crippen LogP contribution in [-0.4, -0.2) is 67.1 Å². The van der Waals surface area contributed by atoms with E-state index in [1.54, 1.807) is 30.3 Å². The van der Waals surface area contributed by atoms with Crippen LogP contribution in [0.25, 0.3) is 0 Å². The molecule has 166 valence electrons. The summed E-state index contributed by atoms with van der Waals surface area (Å²) < 4.78 is 14.4. The molecule has 2 aliphatic heterocycles. The fourth-order valence-corrected chi connectivity index (χ4v) is 4.16. The molecule has 0 aliphatic carbocycles. The van der Waals surface area contributed by atoms with Gasteiger partial charge in [0, 0.05) is 50.4 Å². The van der Waals surface area contributed by atoms with Crippen molar-refractivity contribution in [3.63, 3.8) is 0 Å². The van der Waals surface area contributed by atoms with Crippen molar-refractivity contribution < 1.29 is 9.18 Å². The minimum Gasteiger partial charge on any atom is -0.341 e. The van der Waals surface area contributed by atoms with Crippen LogP contribution in [0.2, 0.25) is 5.02 Å². The molecule has 31 heavy (non-hydrogen) atoms. The monoisotopic (exact) mass is 446 g/mol. The van der Waals surface area contributed by atoms with Crippen LogP contribution in [-0.2, 0) is 11.3 Å². The Labute approximate surface area is 187 Å². The average molecular weight is 447 g/mol. The SMILES string of the molecule is CCCCN1CCN(c2ncc3c(n2)N(Cc2ccc(Cl)cc2F)CC(=O)N3C)CC1. The third-order valence-corrected chi connectivity index (χ3v) is 6.19. The number of hydrogen-bond donors (Lipinski definition) is 0. The van der Waals surface area contributed by atoms with Crippen LogP contribution in [0.4, 0.5) is 21.8 Å². The van der Waals surface area contributed by atoms with Gasteiger partial charge in [-0.05, 0) is 25.1 Å². The number of rotatable bonds is 6. The van der Waals surface area contributed by atoms with E-state index in [-0.39, 0.29) is 19.0 Å². The number of carbonyl (C=O) groups excluding carboxylic acids is 1. The second-order valence-electron chi connectivity index (χ2n) is 8.11. The van der Waals surface area contributed by atoms with Crippen LogP contribution in [0.3, 0.4) is 0 Å². The summed E-state index contributed by atoms with van der Waals surface area (Å²) in [7, 11) is 1.72. The largest absolute Gasteiger partial charge is 0.341 e. The summed E-state index contributed by atoms with van der Waals surface area (Å²) in [5.74, 6) is 0.828. The van der Waals surface area contributed by atoms with Gasteiger partial charge >= 0.3 is 0 Å². The topological polar surface area (TPSA) is 55.8 Å². The fourth-order valence-electron chi connectivity index (χ4n) is 4.00. The lowest BCUT2D eigenvalue weighted by atomic mass is 10.1. The molecule has 2 aliphatic rings. The van der Waals surface area contributed by atoms with Crippen molar-refractivity contribution in [3.05, 3.63) is 40.8 Å². The Hall–Kier alpha value is -2.45. The molecule has 0 radical (unpaired) electrons. The first-order chi connectivity index (χ1) is 15.0. The Morgan fingerprint density at radius 3 is 2.68 bits per heavy atom. The second-order valence-corrected chi connectivity index (χ2v) is 8.54. The van der Waals surface area contributed by atoms with Gasteiger partial charge in [-0.1, -0.05) is 31.0 Å². The van der Waals surface area contributed by atoms with Crippen LogP contribution >= 0.6 is 11.6 Å². The number of hydrogen-bond acceptors (Lipinski definition) is 6. The number of nitrogens with zero attached hydrogens (tertiary/aromatic N) is 6. The summed E-state index contributed by atoms with van der Waals surface area (Å²) in [4.78, 5) is 29.9. The van der Waals surface area contributed by atoms with Crippen molar-refractivity contribution in [2.45, 2.75) is 26.3 Å². The standard InChI is InChI=1S/C22H28ClFN6O/c1-3-4-7-28-8-10-29(11-9-28)22-25-13-19-21(26-22)30(15-20(31)27(19)2)14-16-5-6-17(23)12-18(16)24/h5-6,12-13H,3-4,7-11,14-15H2,1-2H3. The quantitative estimate of drug-likeness (QED) is 0.679. The highest BCUT2D eigenvalue weighted by Crippen LogP contribution is 2.33. The predicted molar refractivity (Wildman–Crippen MR) is 121 cm³/mol. The zero-order chi connectivity index (χ0) is 22.0. The Kier molecular flexibility index (Phi) is 6.57. The molecule has 0 atom stereocenters. The number of piperazine rings is 1. The first-order valence-corrected chi connectivity index (χ1v) is 11.1. The van der Waals surface area contributed by atoms with E-state index in [9.17, 15) is 9.18 Å². The molecule has 1 aromatic carbocycles. The average Bonchev–Trinajstić information content (AvgIpc) is 2.77. The summed E-state index contributed by atoms with van der Waals surface area (Å²) in [6.45, 7) is 7.40. The highest BCUT2D eigenvalue weighted by atomic mass is 35.5. The number of benzene rings is 1. The number of unbranched alkanes of at least 4 members (excludes halogenated alkanes) is 1. The van der Waals surface area contributed by atoms with E-state index in [0.717, 1.165) is 32.7 Å². The Bertz CT molecular complexity index is 950. The van der Waals surface area contributed by atoms with Gasteiger partial charge < -0.3 is 14.7 Å². The summed E-state index contributed by atoms with van der Waals surface area (Å²) >= 11 is 5.88. The first kappa shape index (κ1) is 21.8. The van der Waals surface area contributed by atoms with Gasteiger partial charge in [0.1, 0.15) is 11.5 Å². The number of amides is 1. The molecule has 0 unspecified atom stereocenters.